The third kappa shape index (κ3) is 5.51. The fourth-order valence-electron chi connectivity index (χ4n) is 0.368. The zero-order valence-electron chi connectivity index (χ0n) is 8.29. The first-order valence-corrected chi connectivity index (χ1v) is 5.50. The van der Waals surface area contributed by atoms with Crippen molar-refractivity contribution in [3.05, 3.63) is 0 Å². The van der Waals surface area contributed by atoms with E-state index in [1.807, 2.05) is 32.7 Å². The standard InChI is InChI=1S/C7H17NO3S/c1-7(2,3)8(4)6-11-12(5,9)10/h6H2,1-5H3. The third-order valence-electron chi connectivity index (χ3n) is 1.61. The van der Waals surface area contributed by atoms with Gasteiger partial charge in [-0.1, -0.05) is 0 Å². The average molecular weight is 195 g/mol. The Kier molecular flexibility index (Phi) is 3.68. The molecule has 0 aliphatic heterocycles. The topological polar surface area (TPSA) is 46.6 Å². The van der Waals surface area contributed by atoms with Crippen LogP contribution in [0.4, 0.5) is 0 Å². The SMILES string of the molecule is CN(COS(C)(=O)=O)C(C)(C)C. The molecule has 74 valence electrons. The van der Waals surface area contributed by atoms with Crippen molar-refractivity contribution >= 4 is 10.1 Å². The van der Waals surface area contributed by atoms with E-state index in [0.717, 1.165) is 6.26 Å². The number of nitrogens with zero attached hydrogens (tertiary/aromatic N) is 1. The lowest BCUT2D eigenvalue weighted by atomic mass is 10.1. The highest BCUT2D eigenvalue weighted by Crippen LogP contribution is 2.10. The molecule has 0 radical (unpaired) electrons. The summed E-state index contributed by atoms with van der Waals surface area (Å²) in [4.78, 5) is 1.81. The molecule has 12 heavy (non-hydrogen) atoms. The van der Waals surface area contributed by atoms with Gasteiger partial charge in [-0.25, -0.2) is 0 Å². The molecule has 0 aromatic carbocycles. The van der Waals surface area contributed by atoms with E-state index in [4.69, 9.17) is 0 Å². The van der Waals surface area contributed by atoms with E-state index in [1.54, 1.807) is 0 Å². The largest absolute Gasteiger partial charge is 0.278 e. The van der Waals surface area contributed by atoms with E-state index in [9.17, 15) is 8.42 Å². The van der Waals surface area contributed by atoms with Crippen LogP contribution >= 0.6 is 0 Å². The van der Waals surface area contributed by atoms with Crippen LogP contribution in [0.25, 0.3) is 0 Å². The van der Waals surface area contributed by atoms with Crippen molar-refractivity contribution in [2.24, 2.45) is 0 Å². The molecule has 4 nitrogen and oxygen atoms in total. The molecule has 0 saturated heterocycles. The van der Waals surface area contributed by atoms with Crippen LogP contribution < -0.4 is 0 Å². The first kappa shape index (κ1) is 11.9. The Balaban J connectivity index is 3.97. The summed E-state index contributed by atoms with van der Waals surface area (Å²) >= 11 is 0. The minimum atomic E-state index is -3.32. The minimum Gasteiger partial charge on any atom is -0.278 e. The fraction of sp³-hybridized carbons (Fsp3) is 1.00. The molecule has 0 aromatic heterocycles. The van der Waals surface area contributed by atoms with Gasteiger partial charge in [0, 0.05) is 5.54 Å². The summed E-state index contributed by atoms with van der Waals surface area (Å²) in [6.07, 6.45) is 1.05. The van der Waals surface area contributed by atoms with Crippen LogP contribution in [0.2, 0.25) is 0 Å². The van der Waals surface area contributed by atoms with Crippen molar-refractivity contribution in [2.45, 2.75) is 26.3 Å². The lowest BCUT2D eigenvalue weighted by Crippen LogP contribution is -2.39. The molecule has 0 rings (SSSR count). The molecule has 0 fully saturated rings. The lowest BCUT2D eigenvalue weighted by molar-refractivity contribution is 0.0785. The van der Waals surface area contributed by atoms with Gasteiger partial charge in [0.15, 0.2) is 0 Å². The number of hydrogen-bond acceptors (Lipinski definition) is 4. The molecule has 0 aliphatic rings. The zero-order chi connectivity index (χ0) is 9.99. The van der Waals surface area contributed by atoms with Crippen molar-refractivity contribution in [2.75, 3.05) is 20.0 Å². The summed E-state index contributed by atoms with van der Waals surface area (Å²) in [6.45, 7) is 6.05. The summed E-state index contributed by atoms with van der Waals surface area (Å²) in [6, 6.07) is 0. The highest BCUT2D eigenvalue weighted by molar-refractivity contribution is 7.85. The smallest absolute Gasteiger partial charge is 0.265 e. The van der Waals surface area contributed by atoms with Crippen LogP contribution in [-0.2, 0) is 14.3 Å². The van der Waals surface area contributed by atoms with E-state index < -0.39 is 10.1 Å². The van der Waals surface area contributed by atoms with Crippen molar-refractivity contribution in [1.82, 2.24) is 4.90 Å². The normalized spacial score (nSPS) is 13.8. The predicted molar refractivity (Wildman–Crippen MR) is 48.3 cm³/mol. The van der Waals surface area contributed by atoms with Gasteiger partial charge in [0.25, 0.3) is 10.1 Å². The van der Waals surface area contributed by atoms with Crippen LogP contribution in [-0.4, -0.2) is 38.9 Å². The van der Waals surface area contributed by atoms with Gasteiger partial charge in [-0.3, -0.25) is 9.08 Å². The third-order valence-corrected chi connectivity index (χ3v) is 2.14. The Morgan fingerprint density at radius 3 is 2.00 bits per heavy atom. The monoisotopic (exact) mass is 195 g/mol. The highest BCUT2D eigenvalue weighted by Gasteiger charge is 2.18. The van der Waals surface area contributed by atoms with Gasteiger partial charge in [0.05, 0.1) is 6.26 Å². The second-order valence-corrected chi connectivity index (χ2v) is 5.46. The summed E-state index contributed by atoms with van der Waals surface area (Å²) in [7, 11) is -1.51. The van der Waals surface area contributed by atoms with Gasteiger partial charge in [0.1, 0.15) is 6.73 Å². The Labute approximate surface area is 74.6 Å². The zero-order valence-corrected chi connectivity index (χ0v) is 9.10. The summed E-state index contributed by atoms with van der Waals surface area (Å²) in [5.41, 5.74) is -0.0787. The molecule has 0 saturated carbocycles. The molecule has 0 N–H and O–H groups in total. The van der Waals surface area contributed by atoms with Gasteiger partial charge >= 0.3 is 0 Å². The van der Waals surface area contributed by atoms with Crippen molar-refractivity contribution in [3.8, 4) is 0 Å². The molecule has 0 spiro atoms. The molecule has 0 amide bonds. The van der Waals surface area contributed by atoms with Gasteiger partial charge in [-0.05, 0) is 27.8 Å². The van der Waals surface area contributed by atoms with Crippen molar-refractivity contribution < 1.29 is 12.6 Å². The molecule has 0 aliphatic carbocycles. The van der Waals surface area contributed by atoms with Crippen LogP contribution in [0.15, 0.2) is 0 Å². The molecule has 0 bridgehead atoms. The second kappa shape index (κ2) is 3.72. The quantitative estimate of drug-likeness (QED) is 0.490. The molecule has 0 heterocycles. The van der Waals surface area contributed by atoms with E-state index in [1.165, 1.54) is 0 Å². The van der Waals surface area contributed by atoms with E-state index in [0.29, 0.717) is 0 Å². The molecular formula is C7H17NO3S. The lowest BCUT2D eigenvalue weighted by Gasteiger charge is -2.30. The van der Waals surface area contributed by atoms with Crippen LogP contribution in [0, 0.1) is 0 Å². The van der Waals surface area contributed by atoms with Gasteiger partial charge in [-0.15, -0.1) is 0 Å². The number of rotatable bonds is 3. The summed E-state index contributed by atoms with van der Waals surface area (Å²) in [5.74, 6) is 0. The van der Waals surface area contributed by atoms with E-state index in [2.05, 4.69) is 4.18 Å². The van der Waals surface area contributed by atoms with Gasteiger partial charge in [-0.2, -0.15) is 8.42 Å². The Morgan fingerprint density at radius 2 is 1.75 bits per heavy atom. The van der Waals surface area contributed by atoms with E-state index in [-0.39, 0.29) is 12.3 Å². The number of hydrogen-bond donors (Lipinski definition) is 0. The van der Waals surface area contributed by atoms with Crippen LogP contribution in [0.5, 0.6) is 0 Å². The van der Waals surface area contributed by atoms with Gasteiger partial charge in [0.2, 0.25) is 0 Å². The molecule has 0 atom stereocenters. The Hall–Kier alpha value is -0.130. The minimum absolute atomic E-state index is 0.0787. The maximum absolute atomic E-state index is 10.6. The second-order valence-electron chi connectivity index (χ2n) is 3.82. The first-order valence-electron chi connectivity index (χ1n) is 3.68. The molecule has 5 heteroatoms. The predicted octanol–water partition coefficient (Wildman–Crippen LogP) is 0.650. The molecule has 0 unspecified atom stereocenters. The maximum Gasteiger partial charge on any atom is 0.265 e. The first-order chi connectivity index (χ1) is 5.13. The Morgan fingerprint density at radius 1 is 1.33 bits per heavy atom. The van der Waals surface area contributed by atoms with Gasteiger partial charge < -0.3 is 0 Å². The van der Waals surface area contributed by atoms with E-state index >= 15 is 0 Å². The fourth-order valence-corrected chi connectivity index (χ4v) is 0.718. The highest BCUT2D eigenvalue weighted by atomic mass is 32.2. The van der Waals surface area contributed by atoms with Crippen LogP contribution in [0.1, 0.15) is 20.8 Å². The van der Waals surface area contributed by atoms with Crippen LogP contribution in [0.3, 0.4) is 0 Å². The van der Waals surface area contributed by atoms with Crippen molar-refractivity contribution in [1.29, 1.82) is 0 Å². The Bertz CT molecular complexity index is 228. The summed E-state index contributed by atoms with van der Waals surface area (Å²) < 4.78 is 25.8. The molecule has 0 aromatic rings. The average Bonchev–Trinajstić information content (AvgIpc) is 1.78. The molecular weight excluding hydrogens is 178 g/mol. The maximum atomic E-state index is 10.6. The van der Waals surface area contributed by atoms with Crippen molar-refractivity contribution in [3.63, 3.8) is 0 Å². The summed E-state index contributed by atoms with van der Waals surface area (Å²) in [5, 5.41) is 0.